The highest BCUT2D eigenvalue weighted by molar-refractivity contribution is 7.98. The first kappa shape index (κ1) is 17.1. The number of hydrogen-bond acceptors (Lipinski definition) is 5. The summed E-state index contributed by atoms with van der Waals surface area (Å²) < 4.78 is 29.1. The second-order valence-electron chi connectivity index (χ2n) is 5.01. The van der Waals surface area contributed by atoms with Crippen LogP contribution in [0.15, 0.2) is 70.6 Å². The van der Waals surface area contributed by atoms with E-state index < -0.39 is 10.0 Å². The van der Waals surface area contributed by atoms with Crippen molar-refractivity contribution in [1.82, 2.24) is 9.78 Å². The van der Waals surface area contributed by atoms with Gasteiger partial charge in [-0.05, 0) is 30.5 Å². The van der Waals surface area contributed by atoms with Crippen molar-refractivity contribution in [2.24, 2.45) is 0 Å². The number of para-hydroxylation sites is 1. The largest absolute Gasteiger partial charge is 0.263 e. The molecule has 25 heavy (non-hydrogen) atoms. The third kappa shape index (κ3) is 3.38. The Balaban J connectivity index is 2.09. The molecular weight excluding hydrogens is 356 g/mol. The normalized spacial score (nSPS) is 11.0. The van der Waals surface area contributed by atoms with Crippen molar-refractivity contribution in [3.8, 4) is 11.8 Å². The Kier molecular flexibility index (Phi) is 4.79. The predicted molar refractivity (Wildman–Crippen MR) is 97.3 cm³/mol. The quantitative estimate of drug-likeness (QED) is 0.697. The molecular formula is C17H14N4O2S2. The molecule has 0 aliphatic heterocycles. The SMILES string of the molecule is CSc1c(C#N)c(NS(=O)(=O)c2ccccc2)nn1-c1ccccc1. The van der Waals surface area contributed by atoms with E-state index in [4.69, 9.17) is 0 Å². The molecule has 3 rings (SSSR count). The van der Waals surface area contributed by atoms with Gasteiger partial charge in [0.15, 0.2) is 5.82 Å². The van der Waals surface area contributed by atoms with Gasteiger partial charge in [0.05, 0.1) is 10.6 Å². The number of nitrogens with one attached hydrogen (secondary N) is 1. The lowest BCUT2D eigenvalue weighted by Crippen LogP contribution is -2.14. The Morgan fingerprint density at radius 3 is 2.24 bits per heavy atom. The van der Waals surface area contributed by atoms with Crippen LogP contribution in [-0.4, -0.2) is 24.5 Å². The maximum atomic E-state index is 12.5. The van der Waals surface area contributed by atoms with Crippen molar-refractivity contribution < 1.29 is 8.42 Å². The number of sulfonamides is 1. The molecule has 0 radical (unpaired) electrons. The monoisotopic (exact) mass is 370 g/mol. The first-order valence-corrected chi connectivity index (χ1v) is 9.98. The second-order valence-corrected chi connectivity index (χ2v) is 7.49. The fourth-order valence-electron chi connectivity index (χ4n) is 2.29. The van der Waals surface area contributed by atoms with Gasteiger partial charge in [-0.15, -0.1) is 16.9 Å². The summed E-state index contributed by atoms with van der Waals surface area (Å²) >= 11 is 1.33. The van der Waals surface area contributed by atoms with Gasteiger partial charge in [-0.2, -0.15) is 5.26 Å². The molecule has 0 saturated carbocycles. The van der Waals surface area contributed by atoms with Crippen LogP contribution < -0.4 is 4.72 Å². The zero-order chi connectivity index (χ0) is 17.9. The van der Waals surface area contributed by atoms with E-state index in [0.717, 1.165) is 5.69 Å². The number of benzene rings is 2. The Morgan fingerprint density at radius 1 is 1.08 bits per heavy atom. The number of hydrogen-bond donors (Lipinski definition) is 1. The lowest BCUT2D eigenvalue weighted by molar-refractivity contribution is 0.601. The fraction of sp³-hybridized carbons (Fsp3) is 0.0588. The third-order valence-electron chi connectivity index (χ3n) is 3.43. The molecule has 0 bridgehead atoms. The average Bonchev–Trinajstić information content (AvgIpc) is 2.99. The van der Waals surface area contributed by atoms with Crippen molar-refractivity contribution >= 4 is 27.6 Å². The summed E-state index contributed by atoms with van der Waals surface area (Å²) in [7, 11) is -3.83. The van der Waals surface area contributed by atoms with Crippen LogP contribution in [0.1, 0.15) is 5.56 Å². The van der Waals surface area contributed by atoms with E-state index in [-0.39, 0.29) is 16.3 Å². The number of thioether (sulfide) groups is 1. The highest BCUT2D eigenvalue weighted by atomic mass is 32.2. The van der Waals surface area contributed by atoms with Gasteiger partial charge < -0.3 is 0 Å². The lowest BCUT2D eigenvalue weighted by atomic mass is 10.3. The molecule has 2 aromatic carbocycles. The molecule has 8 heteroatoms. The van der Waals surface area contributed by atoms with E-state index in [1.807, 2.05) is 42.7 Å². The minimum absolute atomic E-state index is 0.0135. The minimum Gasteiger partial charge on any atom is -0.261 e. The van der Waals surface area contributed by atoms with E-state index in [1.54, 1.807) is 22.9 Å². The van der Waals surface area contributed by atoms with Crippen LogP contribution >= 0.6 is 11.8 Å². The van der Waals surface area contributed by atoms with Gasteiger partial charge in [0.2, 0.25) is 0 Å². The molecule has 3 aromatic rings. The Labute approximate surface area is 150 Å². The first-order chi connectivity index (χ1) is 12.1. The number of aromatic nitrogens is 2. The zero-order valence-electron chi connectivity index (χ0n) is 13.2. The van der Waals surface area contributed by atoms with Crippen LogP contribution in [0.5, 0.6) is 0 Å². The van der Waals surface area contributed by atoms with Crippen LogP contribution in [0.25, 0.3) is 5.69 Å². The van der Waals surface area contributed by atoms with E-state index in [0.29, 0.717) is 5.03 Å². The van der Waals surface area contributed by atoms with Crippen molar-refractivity contribution in [2.45, 2.75) is 9.92 Å². The topological polar surface area (TPSA) is 87.8 Å². The number of anilines is 1. The fourth-order valence-corrected chi connectivity index (χ4v) is 3.99. The summed E-state index contributed by atoms with van der Waals surface area (Å²) in [4.78, 5) is 0.110. The molecule has 0 saturated heterocycles. The number of rotatable bonds is 5. The highest BCUT2D eigenvalue weighted by Crippen LogP contribution is 2.30. The van der Waals surface area contributed by atoms with Crippen LogP contribution in [0.2, 0.25) is 0 Å². The molecule has 1 aromatic heterocycles. The molecule has 0 spiro atoms. The maximum Gasteiger partial charge on any atom is 0.263 e. The van der Waals surface area contributed by atoms with Crippen LogP contribution in [0, 0.1) is 11.3 Å². The minimum atomic E-state index is -3.83. The first-order valence-electron chi connectivity index (χ1n) is 7.27. The molecule has 0 aliphatic carbocycles. The smallest absolute Gasteiger partial charge is 0.261 e. The number of nitriles is 1. The van der Waals surface area contributed by atoms with Crippen molar-refractivity contribution in [2.75, 3.05) is 11.0 Å². The molecule has 0 unspecified atom stereocenters. The average molecular weight is 370 g/mol. The van der Waals surface area contributed by atoms with Crippen LogP contribution in [-0.2, 0) is 10.0 Å². The molecule has 0 atom stereocenters. The van der Waals surface area contributed by atoms with Gasteiger partial charge in [-0.25, -0.2) is 13.1 Å². The van der Waals surface area contributed by atoms with Gasteiger partial charge in [-0.1, -0.05) is 36.4 Å². The molecule has 1 heterocycles. The standard InChI is InChI=1S/C17H14N4O2S2/c1-24-17-15(12-18)16(19-21(17)13-8-4-2-5-9-13)20-25(22,23)14-10-6-3-7-11-14/h2-11H,1H3,(H,19,20). The van der Waals surface area contributed by atoms with Gasteiger partial charge in [0.1, 0.15) is 16.7 Å². The lowest BCUT2D eigenvalue weighted by Gasteiger charge is -2.05. The van der Waals surface area contributed by atoms with Crippen molar-refractivity contribution in [3.63, 3.8) is 0 Å². The van der Waals surface area contributed by atoms with Crippen LogP contribution in [0.4, 0.5) is 5.82 Å². The molecule has 0 aliphatic rings. The molecule has 0 fully saturated rings. The number of nitrogens with zero attached hydrogens (tertiary/aromatic N) is 3. The summed E-state index contributed by atoms with van der Waals surface area (Å²) in [5.41, 5.74) is 0.935. The summed E-state index contributed by atoms with van der Waals surface area (Å²) in [5.74, 6) is 0.0135. The molecule has 126 valence electrons. The van der Waals surface area contributed by atoms with Gasteiger partial charge >= 0.3 is 0 Å². The molecule has 0 amide bonds. The second kappa shape index (κ2) is 7.01. The molecule has 1 N–H and O–H groups in total. The van der Waals surface area contributed by atoms with Crippen molar-refractivity contribution in [1.29, 1.82) is 5.26 Å². The van der Waals surface area contributed by atoms with Crippen LogP contribution in [0.3, 0.4) is 0 Å². The zero-order valence-corrected chi connectivity index (χ0v) is 14.9. The van der Waals surface area contributed by atoms with Gasteiger partial charge in [0, 0.05) is 0 Å². The summed E-state index contributed by atoms with van der Waals surface area (Å²) in [6.45, 7) is 0. The van der Waals surface area contributed by atoms with Gasteiger partial charge in [-0.3, -0.25) is 4.72 Å². The summed E-state index contributed by atoms with van der Waals surface area (Å²) in [6, 6.07) is 19.3. The Bertz CT molecular complexity index is 1020. The van der Waals surface area contributed by atoms with E-state index in [1.165, 1.54) is 23.9 Å². The maximum absolute atomic E-state index is 12.5. The third-order valence-corrected chi connectivity index (χ3v) is 5.55. The van der Waals surface area contributed by atoms with E-state index >= 15 is 0 Å². The molecule has 6 nitrogen and oxygen atoms in total. The summed E-state index contributed by atoms with van der Waals surface area (Å²) in [6.07, 6.45) is 1.81. The van der Waals surface area contributed by atoms with E-state index in [2.05, 4.69) is 9.82 Å². The summed E-state index contributed by atoms with van der Waals surface area (Å²) in [5, 5.41) is 14.4. The Morgan fingerprint density at radius 2 is 1.68 bits per heavy atom. The predicted octanol–water partition coefficient (Wildman–Crippen LogP) is 3.27. The van der Waals surface area contributed by atoms with Crippen molar-refractivity contribution in [3.05, 3.63) is 66.2 Å². The van der Waals surface area contributed by atoms with Gasteiger partial charge in [0.25, 0.3) is 10.0 Å². The highest BCUT2D eigenvalue weighted by Gasteiger charge is 2.23. The Hall–Kier alpha value is -2.76. The van der Waals surface area contributed by atoms with E-state index in [9.17, 15) is 13.7 Å².